The van der Waals surface area contributed by atoms with Crippen molar-refractivity contribution in [2.24, 2.45) is 0 Å². The first-order chi connectivity index (χ1) is 22.5. The van der Waals surface area contributed by atoms with E-state index in [1.807, 2.05) is 47.0 Å². The van der Waals surface area contributed by atoms with Gasteiger partial charge in [0.25, 0.3) is 0 Å². The van der Waals surface area contributed by atoms with E-state index in [9.17, 15) is 14.4 Å². The summed E-state index contributed by atoms with van der Waals surface area (Å²) < 4.78 is 11.7. The molecule has 0 rings (SSSR count). The molecule has 0 radical (unpaired) electrons. The second kappa shape index (κ2) is 36.3. The van der Waals surface area contributed by atoms with E-state index in [2.05, 4.69) is 27.7 Å². The van der Waals surface area contributed by atoms with Crippen LogP contribution in [0.3, 0.4) is 0 Å². The van der Waals surface area contributed by atoms with Crippen molar-refractivity contribution < 1.29 is 23.9 Å². The van der Waals surface area contributed by atoms with E-state index in [0.717, 1.165) is 61.5 Å². The number of rotatable bonds is 36. The highest BCUT2D eigenvalue weighted by Crippen LogP contribution is 2.30. The van der Waals surface area contributed by atoms with Crippen molar-refractivity contribution >= 4 is 64.8 Å². The molecule has 0 N–H and O–H groups in total. The van der Waals surface area contributed by atoms with E-state index in [-0.39, 0.29) is 11.9 Å². The van der Waals surface area contributed by atoms with Crippen molar-refractivity contribution in [2.45, 2.75) is 178 Å². The van der Waals surface area contributed by atoms with Gasteiger partial charge in [0.15, 0.2) is 0 Å². The molecule has 0 amide bonds. The number of carbonyl (C=O) groups excluding carboxylic acids is 3. The van der Waals surface area contributed by atoms with Gasteiger partial charge in [-0.25, -0.2) is 0 Å². The largest absolute Gasteiger partial charge is 0.466 e. The van der Waals surface area contributed by atoms with Gasteiger partial charge in [-0.05, 0) is 87.2 Å². The van der Waals surface area contributed by atoms with E-state index in [0.29, 0.717) is 53.8 Å². The lowest BCUT2D eigenvalue weighted by Gasteiger charge is -2.16. The van der Waals surface area contributed by atoms with E-state index in [1.54, 1.807) is 0 Å². The molecule has 0 aromatic heterocycles. The van der Waals surface area contributed by atoms with Gasteiger partial charge in [-0.2, -0.15) is 0 Å². The summed E-state index contributed by atoms with van der Waals surface area (Å²) in [6.45, 7) is 9.79. The first-order valence-corrected chi connectivity index (χ1v) is 22.9. The summed E-state index contributed by atoms with van der Waals surface area (Å²) in [6, 6.07) is 0. The topological polar surface area (TPSA) is 69.7 Å². The predicted octanol–water partition coefficient (Wildman–Crippen LogP) is 11.9. The SMILES string of the molecule is CCCCCSC(CC(=O)OCCCCCC(=O)CCCCCOC(=O)CC(SCCCCC)SCCCCC)SCCCCC. The van der Waals surface area contributed by atoms with Crippen LogP contribution in [0.1, 0.15) is 169 Å². The molecular formula is C37H70O5S4. The molecule has 0 aliphatic heterocycles. The highest BCUT2D eigenvalue weighted by Gasteiger charge is 2.17. The number of hydrogen-bond donors (Lipinski definition) is 0. The summed E-state index contributed by atoms with van der Waals surface area (Å²) in [5.74, 6) is 4.61. The first kappa shape index (κ1) is 46.0. The number of unbranched alkanes of at least 4 members (excludes halogenated alkanes) is 12. The molecule has 0 aliphatic rings. The molecular weight excluding hydrogens is 653 g/mol. The maximum atomic E-state index is 12.4. The molecule has 0 spiro atoms. The van der Waals surface area contributed by atoms with Crippen LogP contribution in [0.4, 0.5) is 0 Å². The molecule has 0 aliphatic carbocycles. The Balaban J connectivity index is 3.95. The fourth-order valence-electron chi connectivity index (χ4n) is 4.69. The number of Topliss-reactive ketones (excluding diaryl/α,β-unsaturated/α-hetero) is 1. The predicted molar refractivity (Wildman–Crippen MR) is 209 cm³/mol. The smallest absolute Gasteiger partial charge is 0.307 e. The minimum Gasteiger partial charge on any atom is -0.466 e. The maximum absolute atomic E-state index is 12.4. The minimum absolute atomic E-state index is 0.0832. The van der Waals surface area contributed by atoms with Crippen LogP contribution in [0.5, 0.6) is 0 Å². The Bertz CT molecular complexity index is 629. The summed E-state index contributed by atoms with van der Waals surface area (Å²) in [5.41, 5.74) is 0. The molecule has 0 bridgehead atoms. The fraction of sp³-hybridized carbons (Fsp3) is 0.919. The Hall–Kier alpha value is 0.01000. The van der Waals surface area contributed by atoms with Gasteiger partial charge < -0.3 is 9.47 Å². The third-order valence-corrected chi connectivity index (χ3v) is 13.5. The van der Waals surface area contributed by atoms with Gasteiger partial charge in [0.05, 0.1) is 35.2 Å². The molecule has 272 valence electrons. The van der Waals surface area contributed by atoms with Crippen molar-refractivity contribution in [2.75, 3.05) is 36.2 Å². The number of ketones is 1. The average Bonchev–Trinajstić information content (AvgIpc) is 3.04. The third kappa shape index (κ3) is 32.6. The van der Waals surface area contributed by atoms with E-state index < -0.39 is 0 Å². The lowest BCUT2D eigenvalue weighted by molar-refractivity contribution is -0.144. The fourth-order valence-corrected chi connectivity index (χ4v) is 10.2. The second-order valence-electron chi connectivity index (χ2n) is 12.2. The van der Waals surface area contributed by atoms with Crippen LogP contribution in [0.25, 0.3) is 0 Å². The van der Waals surface area contributed by atoms with E-state index in [1.165, 1.54) is 77.0 Å². The molecule has 46 heavy (non-hydrogen) atoms. The zero-order valence-electron chi connectivity index (χ0n) is 30.1. The van der Waals surface area contributed by atoms with Crippen molar-refractivity contribution in [1.82, 2.24) is 0 Å². The van der Waals surface area contributed by atoms with Crippen LogP contribution >= 0.6 is 47.0 Å². The molecule has 0 fully saturated rings. The molecule has 0 aromatic carbocycles. The van der Waals surface area contributed by atoms with Crippen LogP contribution in [-0.2, 0) is 23.9 Å². The summed E-state index contributed by atoms with van der Waals surface area (Å²) in [6.07, 6.45) is 22.1. The minimum atomic E-state index is -0.0832. The number of carbonyl (C=O) groups is 3. The molecule has 0 aromatic rings. The molecule has 0 saturated carbocycles. The Kier molecular flexibility index (Phi) is 36.3. The maximum Gasteiger partial charge on any atom is 0.307 e. The van der Waals surface area contributed by atoms with Crippen molar-refractivity contribution in [3.63, 3.8) is 0 Å². The summed E-state index contributed by atoms with van der Waals surface area (Å²) in [4.78, 5) is 37.2. The zero-order valence-corrected chi connectivity index (χ0v) is 33.4. The van der Waals surface area contributed by atoms with Gasteiger partial charge in [-0.1, -0.05) is 79.1 Å². The number of hydrogen-bond acceptors (Lipinski definition) is 9. The van der Waals surface area contributed by atoms with Gasteiger partial charge in [0.1, 0.15) is 5.78 Å². The van der Waals surface area contributed by atoms with Crippen LogP contribution < -0.4 is 0 Å². The van der Waals surface area contributed by atoms with Crippen LogP contribution in [-0.4, -0.2) is 63.1 Å². The monoisotopic (exact) mass is 722 g/mol. The van der Waals surface area contributed by atoms with Gasteiger partial charge in [0, 0.05) is 12.8 Å². The Morgan fingerprint density at radius 3 is 1.07 bits per heavy atom. The van der Waals surface area contributed by atoms with Gasteiger partial charge in [-0.15, -0.1) is 47.0 Å². The number of ether oxygens (including phenoxy) is 2. The van der Waals surface area contributed by atoms with Crippen molar-refractivity contribution in [3.8, 4) is 0 Å². The third-order valence-electron chi connectivity index (χ3n) is 7.60. The van der Waals surface area contributed by atoms with Gasteiger partial charge >= 0.3 is 11.9 Å². The lowest BCUT2D eigenvalue weighted by atomic mass is 10.1. The van der Waals surface area contributed by atoms with Crippen molar-refractivity contribution in [3.05, 3.63) is 0 Å². The molecule has 0 atom stereocenters. The molecule has 5 nitrogen and oxygen atoms in total. The Morgan fingerprint density at radius 2 is 0.761 bits per heavy atom. The number of esters is 2. The van der Waals surface area contributed by atoms with Crippen molar-refractivity contribution in [1.29, 1.82) is 0 Å². The Morgan fingerprint density at radius 1 is 0.435 bits per heavy atom. The van der Waals surface area contributed by atoms with Crippen LogP contribution in [0.2, 0.25) is 0 Å². The standard InChI is InChI=1S/C37H70O5S4/c1-5-9-19-27-43-36(44-28-20-10-6-2)31-34(39)41-25-17-13-15-23-33(38)24-16-14-18-26-42-35(40)32-37(45-29-21-11-7-3)46-30-22-12-8-4/h36-37H,5-32H2,1-4H3. The molecule has 0 heterocycles. The Labute approximate surface area is 301 Å². The summed E-state index contributed by atoms with van der Waals surface area (Å²) in [5, 5.41) is 0. The first-order valence-electron chi connectivity index (χ1n) is 18.8. The average molecular weight is 723 g/mol. The highest BCUT2D eigenvalue weighted by atomic mass is 32.2. The second-order valence-corrected chi connectivity index (χ2v) is 18.0. The molecule has 0 saturated heterocycles. The van der Waals surface area contributed by atoms with Crippen LogP contribution in [0.15, 0.2) is 0 Å². The quantitative estimate of drug-likeness (QED) is 0.0357. The van der Waals surface area contributed by atoms with Crippen LogP contribution in [0, 0.1) is 0 Å². The van der Waals surface area contributed by atoms with Gasteiger partial charge in [0.2, 0.25) is 0 Å². The van der Waals surface area contributed by atoms with E-state index in [4.69, 9.17) is 9.47 Å². The zero-order chi connectivity index (χ0) is 33.9. The summed E-state index contributed by atoms with van der Waals surface area (Å²) in [7, 11) is 0. The normalized spacial score (nSPS) is 11.4. The highest BCUT2D eigenvalue weighted by molar-refractivity contribution is 8.17. The molecule has 9 heteroatoms. The number of thioether (sulfide) groups is 4. The van der Waals surface area contributed by atoms with Gasteiger partial charge in [-0.3, -0.25) is 14.4 Å². The molecule has 0 unspecified atom stereocenters. The lowest BCUT2D eigenvalue weighted by Crippen LogP contribution is -2.13. The van der Waals surface area contributed by atoms with E-state index >= 15 is 0 Å². The summed E-state index contributed by atoms with van der Waals surface area (Å²) >= 11 is 7.68.